The summed E-state index contributed by atoms with van der Waals surface area (Å²) in [6, 6.07) is 9.19. The summed E-state index contributed by atoms with van der Waals surface area (Å²) < 4.78 is 5.26. The van der Waals surface area contributed by atoms with Crippen LogP contribution in [0.4, 0.5) is 0 Å². The smallest absolute Gasteiger partial charge is 0.338 e. The van der Waals surface area contributed by atoms with Crippen LogP contribution in [-0.2, 0) is 4.74 Å². The molecule has 0 bridgehead atoms. The molecule has 0 aliphatic heterocycles. The highest BCUT2D eigenvalue weighted by Crippen LogP contribution is 2.10. The van der Waals surface area contributed by atoms with Gasteiger partial charge in [0.15, 0.2) is 0 Å². The fourth-order valence-corrected chi connectivity index (χ4v) is 2.34. The zero-order valence-corrected chi connectivity index (χ0v) is 13.2. The van der Waals surface area contributed by atoms with Gasteiger partial charge in [-0.1, -0.05) is 82.9 Å². The Labute approximate surface area is 129 Å². The first-order valence-electron chi connectivity index (χ1n) is 8.36. The second-order valence-corrected chi connectivity index (χ2v) is 5.54. The van der Waals surface area contributed by atoms with Crippen molar-refractivity contribution in [3.05, 3.63) is 42.8 Å². The maximum Gasteiger partial charge on any atom is 0.338 e. The number of unbranched alkanes of at least 4 members (excludes halogenated alkanes) is 9. The Bertz CT molecular complexity index is 359. The molecule has 1 radical (unpaired) electrons. The van der Waals surface area contributed by atoms with Crippen molar-refractivity contribution < 1.29 is 9.53 Å². The lowest BCUT2D eigenvalue weighted by Crippen LogP contribution is -2.06. The third-order valence-electron chi connectivity index (χ3n) is 3.64. The first kappa shape index (κ1) is 17.7. The molecule has 0 saturated heterocycles. The molecular weight excluding hydrogens is 260 g/mol. The van der Waals surface area contributed by atoms with Crippen LogP contribution in [-0.4, -0.2) is 12.6 Å². The number of rotatable bonds is 12. The Hall–Kier alpha value is -1.31. The highest BCUT2D eigenvalue weighted by Gasteiger charge is 2.04. The minimum atomic E-state index is -0.207. The molecule has 2 nitrogen and oxygen atoms in total. The van der Waals surface area contributed by atoms with E-state index in [-0.39, 0.29) is 5.97 Å². The van der Waals surface area contributed by atoms with E-state index >= 15 is 0 Å². The molecule has 1 aromatic carbocycles. The molecule has 0 unspecified atom stereocenters. The minimum absolute atomic E-state index is 0.207. The first-order valence-corrected chi connectivity index (χ1v) is 8.36. The van der Waals surface area contributed by atoms with E-state index in [1.54, 1.807) is 12.1 Å². The molecule has 0 aromatic heterocycles. The van der Waals surface area contributed by atoms with Gasteiger partial charge < -0.3 is 4.74 Å². The zero-order chi connectivity index (χ0) is 15.2. The van der Waals surface area contributed by atoms with E-state index in [0.29, 0.717) is 12.2 Å². The van der Waals surface area contributed by atoms with Crippen molar-refractivity contribution in [1.29, 1.82) is 0 Å². The molecule has 1 rings (SSSR count). The molecule has 117 valence electrons. The van der Waals surface area contributed by atoms with Crippen LogP contribution in [0.5, 0.6) is 0 Å². The van der Waals surface area contributed by atoms with Crippen molar-refractivity contribution in [3.8, 4) is 0 Å². The Morgan fingerprint density at radius 2 is 1.33 bits per heavy atom. The predicted octanol–water partition coefficient (Wildman–Crippen LogP) is 5.58. The van der Waals surface area contributed by atoms with Crippen LogP contribution in [0.1, 0.15) is 74.6 Å². The van der Waals surface area contributed by atoms with E-state index in [1.807, 2.05) is 18.2 Å². The summed E-state index contributed by atoms with van der Waals surface area (Å²) in [5.74, 6) is -0.207. The van der Waals surface area contributed by atoms with Gasteiger partial charge in [-0.25, -0.2) is 4.79 Å². The summed E-state index contributed by atoms with van der Waals surface area (Å²) >= 11 is 0. The lowest BCUT2D eigenvalue weighted by atomic mass is 10.1. The molecule has 0 amide bonds. The van der Waals surface area contributed by atoms with Gasteiger partial charge in [0.1, 0.15) is 0 Å². The quantitative estimate of drug-likeness (QED) is 0.371. The van der Waals surface area contributed by atoms with E-state index in [9.17, 15) is 4.79 Å². The number of carbonyl (C=O) groups excluding carboxylic acids is 1. The Morgan fingerprint density at radius 1 is 0.810 bits per heavy atom. The van der Waals surface area contributed by atoms with Crippen molar-refractivity contribution >= 4 is 5.97 Å². The van der Waals surface area contributed by atoms with Crippen LogP contribution in [0.15, 0.2) is 30.3 Å². The van der Waals surface area contributed by atoms with Crippen molar-refractivity contribution in [2.45, 2.75) is 64.2 Å². The molecule has 2 heteroatoms. The van der Waals surface area contributed by atoms with E-state index in [0.717, 1.165) is 19.3 Å². The third kappa shape index (κ3) is 9.28. The second-order valence-electron chi connectivity index (χ2n) is 5.54. The second kappa shape index (κ2) is 12.4. The molecule has 21 heavy (non-hydrogen) atoms. The summed E-state index contributed by atoms with van der Waals surface area (Å²) in [6.45, 7) is 4.40. The minimum Gasteiger partial charge on any atom is -0.462 e. The van der Waals surface area contributed by atoms with E-state index in [4.69, 9.17) is 4.74 Å². The standard InChI is InChI=1S/C19H29O2/c1-2-3-4-5-6-7-8-9-10-14-17-21-19(20)18-15-12-11-13-16-18/h11-13,15-16H,1-10,14,17H2. The van der Waals surface area contributed by atoms with Crippen LogP contribution in [0.25, 0.3) is 0 Å². The SMILES string of the molecule is [CH2]CCCCCCCCCCCOC(=O)c1ccccc1. The van der Waals surface area contributed by atoms with Crippen molar-refractivity contribution in [3.63, 3.8) is 0 Å². The van der Waals surface area contributed by atoms with Gasteiger partial charge in [0, 0.05) is 0 Å². The van der Waals surface area contributed by atoms with E-state index < -0.39 is 0 Å². The van der Waals surface area contributed by atoms with Crippen LogP contribution in [0, 0.1) is 6.92 Å². The van der Waals surface area contributed by atoms with Crippen LogP contribution in [0.3, 0.4) is 0 Å². The van der Waals surface area contributed by atoms with Gasteiger partial charge in [0.05, 0.1) is 12.2 Å². The van der Waals surface area contributed by atoms with Crippen LogP contribution >= 0.6 is 0 Å². The summed E-state index contributed by atoms with van der Waals surface area (Å²) in [6.07, 6.45) is 12.4. The van der Waals surface area contributed by atoms with Crippen LogP contribution < -0.4 is 0 Å². The lowest BCUT2D eigenvalue weighted by Gasteiger charge is -2.05. The highest BCUT2D eigenvalue weighted by molar-refractivity contribution is 5.89. The molecule has 1 aromatic rings. The maximum absolute atomic E-state index is 11.7. The van der Waals surface area contributed by atoms with E-state index in [2.05, 4.69) is 6.92 Å². The largest absolute Gasteiger partial charge is 0.462 e. The lowest BCUT2D eigenvalue weighted by molar-refractivity contribution is 0.0497. The average molecular weight is 289 g/mol. The number of carbonyl (C=O) groups is 1. The van der Waals surface area contributed by atoms with Crippen molar-refractivity contribution in [1.82, 2.24) is 0 Å². The molecular formula is C19H29O2. The molecule has 0 aliphatic rings. The van der Waals surface area contributed by atoms with Gasteiger partial charge in [-0.2, -0.15) is 0 Å². The summed E-state index contributed by atoms with van der Waals surface area (Å²) in [5.41, 5.74) is 0.639. The average Bonchev–Trinajstić information content (AvgIpc) is 2.53. The predicted molar refractivity (Wildman–Crippen MR) is 88.3 cm³/mol. The number of esters is 1. The topological polar surface area (TPSA) is 26.3 Å². The number of hydrogen-bond acceptors (Lipinski definition) is 2. The van der Waals surface area contributed by atoms with Gasteiger partial charge in [-0.05, 0) is 18.6 Å². The van der Waals surface area contributed by atoms with Crippen molar-refractivity contribution in [2.75, 3.05) is 6.61 Å². The zero-order valence-electron chi connectivity index (χ0n) is 13.2. The number of hydrogen-bond donors (Lipinski definition) is 0. The van der Waals surface area contributed by atoms with Gasteiger partial charge >= 0.3 is 5.97 Å². The summed E-state index contributed by atoms with van der Waals surface area (Å²) in [7, 11) is 0. The molecule has 0 atom stereocenters. The Morgan fingerprint density at radius 3 is 1.90 bits per heavy atom. The fourth-order valence-electron chi connectivity index (χ4n) is 2.34. The van der Waals surface area contributed by atoms with Gasteiger partial charge in [-0.15, -0.1) is 0 Å². The maximum atomic E-state index is 11.7. The molecule has 0 saturated carbocycles. The van der Waals surface area contributed by atoms with Crippen molar-refractivity contribution in [2.24, 2.45) is 0 Å². The number of benzene rings is 1. The highest BCUT2D eigenvalue weighted by atomic mass is 16.5. The normalized spacial score (nSPS) is 10.5. The molecule has 0 N–H and O–H groups in total. The Kier molecular flexibility index (Phi) is 10.5. The molecule has 0 fully saturated rings. The molecule has 0 aliphatic carbocycles. The molecule has 0 spiro atoms. The van der Waals surface area contributed by atoms with Crippen LogP contribution in [0.2, 0.25) is 0 Å². The van der Waals surface area contributed by atoms with E-state index in [1.165, 1.54) is 44.9 Å². The van der Waals surface area contributed by atoms with Gasteiger partial charge in [-0.3, -0.25) is 0 Å². The van der Waals surface area contributed by atoms with Gasteiger partial charge in [0.25, 0.3) is 0 Å². The van der Waals surface area contributed by atoms with Gasteiger partial charge in [0.2, 0.25) is 0 Å². The molecule has 0 heterocycles. The fraction of sp³-hybridized carbons (Fsp3) is 0.579. The third-order valence-corrected chi connectivity index (χ3v) is 3.64. The summed E-state index contributed by atoms with van der Waals surface area (Å²) in [5, 5.41) is 0. The summed E-state index contributed by atoms with van der Waals surface area (Å²) in [4.78, 5) is 11.7. The Balaban J connectivity index is 1.88. The monoisotopic (exact) mass is 289 g/mol. The number of ether oxygens (including phenoxy) is 1. The first-order chi connectivity index (χ1) is 10.3.